The van der Waals surface area contributed by atoms with Crippen LogP contribution < -0.4 is 5.56 Å². The Morgan fingerprint density at radius 1 is 1.26 bits per heavy atom. The first-order valence-corrected chi connectivity index (χ1v) is 6.11. The van der Waals surface area contributed by atoms with Crippen LogP contribution in [0, 0.1) is 11.6 Å². The van der Waals surface area contributed by atoms with Gasteiger partial charge in [-0.3, -0.25) is 9.59 Å². The van der Waals surface area contributed by atoms with Crippen molar-refractivity contribution < 1.29 is 13.6 Å². The summed E-state index contributed by atoms with van der Waals surface area (Å²) in [5.74, 6) is -2.29. The van der Waals surface area contributed by atoms with E-state index in [2.05, 4.69) is 15.9 Å². The molecule has 0 aliphatic carbocycles. The standard InChI is InChI=1S/C13H8BrF2NO2/c14-10-2-1-5-17(13(10)19)7-12(18)9-4-3-8(15)6-11(9)16/h1-6H,7H2. The van der Waals surface area contributed by atoms with Gasteiger partial charge in [0.05, 0.1) is 16.6 Å². The normalized spacial score (nSPS) is 10.5. The fourth-order valence-corrected chi connectivity index (χ4v) is 1.97. The van der Waals surface area contributed by atoms with Crippen LogP contribution in [0.25, 0.3) is 0 Å². The van der Waals surface area contributed by atoms with E-state index in [0.29, 0.717) is 10.5 Å². The predicted molar refractivity (Wildman–Crippen MR) is 69.1 cm³/mol. The number of halogens is 3. The van der Waals surface area contributed by atoms with Crippen molar-refractivity contribution in [1.82, 2.24) is 4.57 Å². The van der Waals surface area contributed by atoms with E-state index in [1.54, 1.807) is 12.1 Å². The third kappa shape index (κ3) is 2.96. The summed E-state index contributed by atoms with van der Waals surface area (Å²) in [4.78, 5) is 23.6. The topological polar surface area (TPSA) is 39.1 Å². The van der Waals surface area contributed by atoms with E-state index < -0.39 is 23.0 Å². The van der Waals surface area contributed by atoms with Crippen LogP contribution in [-0.4, -0.2) is 10.4 Å². The molecule has 0 radical (unpaired) electrons. The lowest BCUT2D eigenvalue weighted by Crippen LogP contribution is -2.24. The van der Waals surface area contributed by atoms with Crippen molar-refractivity contribution in [2.75, 3.05) is 0 Å². The number of hydrogen-bond donors (Lipinski definition) is 0. The number of nitrogens with zero attached hydrogens (tertiary/aromatic N) is 1. The van der Waals surface area contributed by atoms with Gasteiger partial charge in [-0.15, -0.1) is 0 Å². The highest BCUT2D eigenvalue weighted by atomic mass is 79.9. The third-order valence-corrected chi connectivity index (χ3v) is 3.12. The number of benzene rings is 1. The molecule has 2 aromatic rings. The molecule has 3 nitrogen and oxygen atoms in total. The quantitative estimate of drug-likeness (QED) is 0.813. The molecule has 0 unspecified atom stereocenters. The average molecular weight is 328 g/mol. The Morgan fingerprint density at radius 3 is 2.68 bits per heavy atom. The Hall–Kier alpha value is -1.82. The highest BCUT2D eigenvalue weighted by Crippen LogP contribution is 2.11. The summed E-state index contributed by atoms with van der Waals surface area (Å²) in [6, 6.07) is 5.83. The third-order valence-electron chi connectivity index (χ3n) is 2.52. The highest BCUT2D eigenvalue weighted by Gasteiger charge is 2.14. The molecule has 0 fully saturated rings. The summed E-state index contributed by atoms with van der Waals surface area (Å²) >= 11 is 3.05. The summed E-state index contributed by atoms with van der Waals surface area (Å²) in [5, 5.41) is 0. The molecular formula is C13H8BrF2NO2. The van der Waals surface area contributed by atoms with E-state index in [1.807, 2.05) is 0 Å². The first-order chi connectivity index (χ1) is 8.99. The molecule has 0 atom stereocenters. The summed E-state index contributed by atoms with van der Waals surface area (Å²) in [5.41, 5.74) is -0.633. The molecule has 1 aromatic heterocycles. The lowest BCUT2D eigenvalue weighted by Gasteiger charge is -2.06. The molecule has 0 saturated carbocycles. The Morgan fingerprint density at radius 2 is 2.00 bits per heavy atom. The number of carbonyl (C=O) groups excluding carboxylic acids is 1. The summed E-state index contributed by atoms with van der Waals surface area (Å²) in [6.07, 6.45) is 1.42. The predicted octanol–water partition coefficient (Wildman–Crippen LogP) is 2.77. The Kier molecular flexibility index (Phi) is 3.90. The van der Waals surface area contributed by atoms with Crippen molar-refractivity contribution in [3.8, 4) is 0 Å². The fraction of sp³-hybridized carbons (Fsp3) is 0.0769. The lowest BCUT2D eigenvalue weighted by molar-refractivity contribution is 0.0966. The van der Waals surface area contributed by atoms with Gasteiger partial charge in [0.25, 0.3) is 5.56 Å². The maximum absolute atomic E-state index is 13.4. The lowest BCUT2D eigenvalue weighted by atomic mass is 10.1. The van der Waals surface area contributed by atoms with E-state index >= 15 is 0 Å². The number of rotatable bonds is 3. The van der Waals surface area contributed by atoms with Gasteiger partial charge < -0.3 is 4.57 Å². The number of pyridine rings is 1. The van der Waals surface area contributed by atoms with Crippen LogP contribution in [0.15, 0.2) is 45.8 Å². The van der Waals surface area contributed by atoms with Crippen LogP contribution in [0.3, 0.4) is 0 Å². The molecule has 0 amide bonds. The van der Waals surface area contributed by atoms with E-state index in [4.69, 9.17) is 0 Å². The van der Waals surface area contributed by atoms with Gasteiger partial charge in [0.15, 0.2) is 5.78 Å². The molecule has 98 valence electrons. The van der Waals surface area contributed by atoms with Crippen LogP contribution in [0.1, 0.15) is 10.4 Å². The molecule has 0 spiro atoms. The number of aromatic nitrogens is 1. The molecule has 0 aliphatic heterocycles. The van der Waals surface area contributed by atoms with Crippen LogP contribution in [0.4, 0.5) is 8.78 Å². The van der Waals surface area contributed by atoms with Gasteiger partial charge in [0, 0.05) is 12.3 Å². The van der Waals surface area contributed by atoms with Gasteiger partial charge >= 0.3 is 0 Å². The minimum atomic E-state index is -0.937. The largest absolute Gasteiger partial charge is 0.307 e. The minimum absolute atomic E-state index is 0.242. The molecule has 2 rings (SSSR count). The Bertz CT molecular complexity index is 697. The number of Topliss-reactive ketones (excluding diaryl/α,β-unsaturated/α-hetero) is 1. The van der Waals surface area contributed by atoms with Crippen LogP contribution in [0.5, 0.6) is 0 Å². The van der Waals surface area contributed by atoms with Crippen LogP contribution in [0.2, 0.25) is 0 Å². The molecule has 0 N–H and O–H groups in total. The zero-order valence-electron chi connectivity index (χ0n) is 9.57. The van der Waals surface area contributed by atoms with Gasteiger partial charge in [0.1, 0.15) is 11.6 Å². The van der Waals surface area contributed by atoms with Crippen molar-refractivity contribution in [3.63, 3.8) is 0 Å². The highest BCUT2D eigenvalue weighted by molar-refractivity contribution is 9.10. The summed E-state index contributed by atoms with van der Waals surface area (Å²) < 4.78 is 27.6. The molecule has 1 aromatic carbocycles. The first-order valence-electron chi connectivity index (χ1n) is 5.32. The van der Waals surface area contributed by atoms with Crippen molar-refractivity contribution in [1.29, 1.82) is 0 Å². The van der Waals surface area contributed by atoms with E-state index in [0.717, 1.165) is 16.7 Å². The Balaban J connectivity index is 2.31. The molecule has 1 heterocycles. The number of carbonyl (C=O) groups is 1. The monoisotopic (exact) mass is 327 g/mol. The molecule has 0 aliphatic rings. The second-order valence-corrected chi connectivity index (χ2v) is 4.69. The maximum Gasteiger partial charge on any atom is 0.265 e. The second-order valence-electron chi connectivity index (χ2n) is 3.84. The van der Waals surface area contributed by atoms with Crippen molar-refractivity contribution >= 4 is 21.7 Å². The van der Waals surface area contributed by atoms with Gasteiger partial charge in [-0.05, 0) is 40.2 Å². The van der Waals surface area contributed by atoms with Crippen LogP contribution in [-0.2, 0) is 6.54 Å². The zero-order chi connectivity index (χ0) is 14.0. The minimum Gasteiger partial charge on any atom is -0.307 e. The number of ketones is 1. The zero-order valence-corrected chi connectivity index (χ0v) is 11.2. The maximum atomic E-state index is 13.4. The van der Waals surface area contributed by atoms with Gasteiger partial charge in [-0.2, -0.15) is 0 Å². The van der Waals surface area contributed by atoms with E-state index in [1.165, 1.54) is 6.20 Å². The van der Waals surface area contributed by atoms with Crippen molar-refractivity contribution in [2.45, 2.75) is 6.54 Å². The summed E-state index contributed by atoms with van der Waals surface area (Å²) in [7, 11) is 0. The SMILES string of the molecule is O=C(Cn1cccc(Br)c1=O)c1ccc(F)cc1F. The van der Waals surface area contributed by atoms with Crippen molar-refractivity contribution in [2.24, 2.45) is 0 Å². The first kappa shape index (κ1) is 13.6. The van der Waals surface area contributed by atoms with Crippen LogP contribution >= 0.6 is 15.9 Å². The van der Waals surface area contributed by atoms with E-state index in [-0.39, 0.29) is 12.1 Å². The number of hydrogen-bond acceptors (Lipinski definition) is 2. The van der Waals surface area contributed by atoms with E-state index in [9.17, 15) is 18.4 Å². The average Bonchev–Trinajstić information content (AvgIpc) is 2.34. The molecule has 0 bridgehead atoms. The van der Waals surface area contributed by atoms with Gasteiger partial charge in [-0.1, -0.05) is 0 Å². The molecule has 0 saturated heterocycles. The van der Waals surface area contributed by atoms with Gasteiger partial charge in [-0.25, -0.2) is 8.78 Å². The molecular weight excluding hydrogens is 320 g/mol. The molecule has 19 heavy (non-hydrogen) atoms. The van der Waals surface area contributed by atoms with Crippen molar-refractivity contribution in [3.05, 3.63) is 68.6 Å². The Labute approximate surface area is 115 Å². The molecule has 6 heteroatoms. The fourth-order valence-electron chi connectivity index (χ4n) is 1.59. The summed E-state index contributed by atoms with van der Waals surface area (Å²) in [6.45, 7) is -0.305. The second kappa shape index (κ2) is 5.44. The van der Waals surface area contributed by atoms with Gasteiger partial charge in [0.2, 0.25) is 0 Å². The smallest absolute Gasteiger partial charge is 0.265 e.